The van der Waals surface area contributed by atoms with E-state index in [1.54, 1.807) is 37.3 Å². The molecule has 0 fully saturated rings. The number of carbonyl (C=O) groups excluding carboxylic acids is 1. The highest BCUT2D eigenvalue weighted by Crippen LogP contribution is 2.31. The zero-order chi connectivity index (χ0) is 13.1. The van der Waals surface area contributed by atoms with Crippen LogP contribution in [-0.4, -0.2) is 10.8 Å². The molecule has 5 nitrogen and oxygen atoms in total. The van der Waals surface area contributed by atoms with Crippen molar-refractivity contribution in [3.63, 3.8) is 0 Å². The summed E-state index contributed by atoms with van der Waals surface area (Å²) in [5.41, 5.74) is 0.642. The Balaban J connectivity index is 2.61. The molecule has 2 aromatic carbocycles. The highest BCUT2D eigenvalue weighted by molar-refractivity contribution is 6.05. The molecule has 92 valence electrons. The summed E-state index contributed by atoms with van der Waals surface area (Å²) in [6, 6.07) is 9.93. The summed E-state index contributed by atoms with van der Waals surface area (Å²) in [5, 5.41) is 14.9. The van der Waals surface area contributed by atoms with Crippen LogP contribution in [0, 0.1) is 10.1 Å². The summed E-state index contributed by atoms with van der Waals surface area (Å²) in [6.07, 6.45) is 0.366. The monoisotopic (exact) mass is 244 g/mol. The number of amides is 1. The third-order valence-corrected chi connectivity index (χ3v) is 2.69. The van der Waals surface area contributed by atoms with Gasteiger partial charge in [0.25, 0.3) is 5.69 Å². The number of hydrogen-bond donors (Lipinski definition) is 1. The maximum Gasteiger partial charge on any atom is 0.277 e. The number of fused-ring (bicyclic) bond motifs is 1. The van der Waals surface area contributed by atoms with Gasteiger partial charge in [0.05, 0.1) is 10.3 Å². The molecule has 0 aliphatic carbocycles. The van der Waals surface area contributed by atoms with Crippen molar-refractivity contribution >= 4 is 28.1 Å². The van der Waals surface area contributed by atoms with E-state index in [1.807, 2.05) is 0 Å². The molecule has 1 amide bonds. The molecule has 0 spiro atoms. The first-order chi connectivity index (χ1) is 8.63. The summed E-state index contributed by atoms with van der Waals surface area (Å²) in [7, 11) is 0. The molecule has 0 radical (unpaired) electrons. The number of nitrogens with zero attached hydrogens (tertiary/aromatic N) is 1. The lowest BCUT2D eigenvalue weighted by atomic mass is 10.1. The lowest BCUT2D eigenvalue weighted by Gasteiger charge is -2.08. The van der Waals surface area contributed by atoms with E-state index in [0.29, 0.717) is 22.9 Å². The SMILES string of the molecule is CCC(=O)Nc1ccc([N+](=O)[O-])c2ccccc12. The van der Waals surface area contributed by atoms with Gasteiger partial charge in [-0.15, -0.1) is 0 Å². The molecule has 5 heteroatoms. The Labute approximate surface area is 104 Å². The van der Waals surface area contributed by atoms with Gasteiger partial charge in [0.2, 0.25) is 5.91 Å². The summed E-state index contributed by atoms with van der Waals surface area (Å²) in [5.74, 6) is -0.117. The number of anilines is 1. The summed E-state index contributed by atoms with van der Waals surface area (Å²) in [6.45, 7) is 1.75. The molecule has 0 aliphatic rings. The van der Waals surface area contributed by atoms with Crippen LogP contribution in [0.3, 0.4) is 0 Å². The van der Waals surface area contributed by atoms with E-state index < -0.39 is 4.92 Å². The molecule has 0 aliphatic heterocycles. The van der Waals surface area contributed by atoms with E-state index in [4.69, 9.17) is 0 Å². The van der Waals surface area contributed by atoms with Gasteiger partial charge in [0, 0.05) is 23.6 Å². The average molecular weight is 244 g/mol. The number of carbonyl (C=O) groups is 1. The van der Waals surface area contributed by atoms with Gasteiger partial charge in [0.1, 0.15) is 0 Å². The van der Waals surface area contributed by atoms with Gasteiger partial charge < -0.3 is 5.32 Å². The Hall–Kier alpha value is -2.43. The van der Waals surface area contributed by atoms with Gasteiger partial charge in [-0.25, -0.2) is 0 Å². The lowest BCUT2D eigenvalue weighted by Crippen LogP contribution is -2.09. The predicted molar refractivity (Wildman–Crippen MR) is 69.5 cm³/mol. The zero-order valence-corrected chi connectivity index (χ0v) is 9.84. The van der Waals surface area contributed by atoms with Gasteiger partial charge in [-0.1, -0.05) is 25.1 Å². The molecule has 2 rings (SSSR count). The summed E-state index contributed by atoms with van der Waals surface area (Å²) < 4.78 is 0. The van der Waals surface area contributed by atoms with E-state index in [1.165, 1.54) is 6.07 Å². The number of nitro benzene ring substituents is 1. The molecule has 0 saturated carbocycles. The topological polar surface area (TPSA) is 72.2 Å². The molecule has 0 heterocycles. The Morgan fingerprint density at radius 2 is 1.89 bits per heavy atom. The number of rotatable bonds is 3. The Bertz CT molecular complexity index is 623. The van der Waals surface area contributed by atoms with Crippen molar-refractivity contribution in [1.29, 1.82) is 0 Å². The Kier molecular flexibility index (Phi) is 3.23. The van der Waals surface area contributed by atoms with Crippen LogP contribution in [0.25, 0.3) is 10.8 Å². The number of nitrogens with one attached hydrogen (secondary N) is 1. The minimum atomic E-state index is -0.423. The van der Waals surface area contributed by atoms with Crippen LogP contribution in [0.4, 0.5) is 11.4 Å². The van der Waals surface area contributed by atoms with Crippen LogP contribution >= 0.6 is 0 Å². The standard InChI is InChI=1S/C13H12N2O3/c1-2-13(16)14-11-7-8-12(15(17)18)10-6-4-3-5-9(10)11/h3-8H,2H2,1H3,(H,14,16). The van der Waals surface area contributed by atoms with Gasteiger partial charge in [-0.3, -0.25) is 14.9 Å². The first-order valence-electron chi connectivity index (χ1n) is 5.59. The van der Waals surface area contributed by atoms with Crippen LogP contribution in [-0.2, 0) is 4.79 Å². The van der Waals surface area contributed by atoms with Crippen molar-refractivity contribution in [2.75, 3.05) is 5.32 Å². The van der Waals surface area contributed by atoms with Crippen LogP contribution in [0.1, 0.15) is 13.3 Å². The second-order valence-electron chi connectivity index (χ2n) is 3.84. The third kappa shape index (κ3) is 2.15. The maximum atomic E-state index is 11.4. The molecule has 0 unspecified atom stereocenters. The smallest absolute Gasteiger partial charge is 0.277 e. The molecule has 0 saturated heterocycles. The van der Waals surface area contributed by atoms with Crippen molar-refractivity contribution in [3.05, 3.63) is 46.5 Å². The van der Waals surface area contributed by atoms with Gasteiger partial charge >= 0.3 is 0 Å². The van der Waals surface area contributed by atoms with Crippen molar-refractivity contribution in [1.82, 2.24) is 0 Å². The van der Waals surface area contributed by atoms with E-state index in [2.05, 4.69) is 5.32 Å². The second kappa shape index (κ2) is 4.83. The van der Waals surface area contributed by atoms with Crippen LogP contribution in [0.5, 0.6) is 0 Å². The predicted octanol–water partition coefficient (Wildman–Crippen LogP) is 3.10. The number of nitro groups is 1. The minimum Gasteiger partial charge on any atom is -0.326 e. The normalized spacial score (nSPS) is 10.3. The van der Waals surface area contributed by atoms with Crippen molar-refractivity contribution in [2.45, 2.75) is 13.3 Å². The quantitative estimate of drug-likeness (QED) is 0.666. The first kappa shape index (κ1) is 12.0. The summed E-state index contributed by atoms with van der Waals surface area (Å²) in [4.78, 5) is 21.9. The lowest BCUT2D eigenvalue weighted by molar-refractivity contribution is -0.383. The largest absolute Gasteiger partial charge is 0.326 e. The Morgan fingerprint density at radius 1 is 1.22 bits per heavy atom. The third-order valence-electron chi connectivity index (χ3n) is 2.69. The van der Waals surface area contributed by atoms with E-state index in [-0.39, 0.29) is 11.6 Å². The van der Waals surface area contributed by atoms with Crippen LogP contribution in [0.15, 0.2) is 36.4 Å². The van der Waals surface area contributed by atoms with Gasteiger partial charge in [0.15, 0.2) is 0 Å². The fraction of sp³-hybridized carbons (Fsp3) is 0.154. The highest BCUT2D eigenvalue weighted by atomic mass is 16.6. The van der Waals surface area contributed by atoms with Crippen LogP contribution < -0.4 is 5.32 Å². The highest BCUT2D eigenvalue weighted by Gasteiger charge is 2.14. The average Bonchev–Trinajstić information content (AvgIpc) is 2.38. The first-order valence-corrected chi connectivity index (χ1v) is 5.59. The molecular weight excluding hydrogens is 232 g/mol. The van der Waals surface area contributed by atoms with E-state index in [0.717, 1.165) is 0 Å². The van der Waals surface area contributed by atoms with Crippen molar-refractivity contribution in [2.24, 2.45) is 0 Å². The molecule has 0 atom stereocenters. The van der Waals surface area contributed by atoms with E-state index in [9.17, 15) is 14.9 Å². The molecule has 18 heavy (non-hydrogen) atoms. The molecule has 0 aromatic heterocycles. The maximum absolute atomic E-state index is 11.4. The number of hydrogen-bond acceptors (Lipinski definition) is 3. The molecular formula is C13H12N2O3. The fourth-order valence-corrected chi connectivity index (χ4v) is 1.79. The molecule has 1 N–H and O–H groups in total. The van der Waals surface area contributed by atoms with Gasteiger partial charge in [-0.2, -0.15) is 0 Å². The fourth-order valence-electron chi connectivity index (χ4n) is 1.79. The zero-order valence-electron chi connectivity index (χ0n) is 9.84. The number of benzene rings is 2. The molecule has 0 bridgehead atoms. The summed E-state index contributed by atoms with van der Waals surface area (Å²) >= 11 is 0. The molecule has 2 aromatic rings. The minimum absolute atomic E-state index is 0.0418. The van der Waals surface area contributed by atoms with Crippen LogP contribution in [0.2, 0.25) is 0 Å². The van der Waals surface area contributed by atoms with Gasteiger partial charge in [-0.05, 0) is 12.1 Å². The van der Waals surface area contributed by atoms with Crippen molar-refractivity contribution in [3.8, 4) is 0 Å². The number of non-ortho nitro benzene ring substituents is 1. The van der Waals surface area contributed by atoms with E-state index >= 15 is 0 Å². The Morgan fingerprint density at radius 3 is 2.50 bits per heavy atom. The second-order valence-corrected chi connectivity index (χ2v) is 3.84. The van der Waals surface area contributed by atoms with Crippen molar-refractivity contribution < 1.29 is 9.72 Å².